The van der Waals surface area contributed by atoms with Crippen LogP contribution >= 0.6 is 15.9 Å². The van der Waals surface area contributed by atoms with Crippen LogP contribution in [0, 0.1) is 19.8 Å². The zero-order valence-corrected chi connectivity index (χ0v) is 16.3. The number of hydrogen-bond donors (Lipinski definition) is 1. The van der Waals surface area contributed by atoms with Gasteiger partial charge in [0.25, 0.3) is 0 Å². The highest BCUT2D eigenvalue weighted by Gasteiger charge is 2.30. The molecule has 1 heterocycles. The average Bonchev–Trinajstić information content (AvgIpc) is 2.59. The van der Waals surface area contributed by atoms with E-state index in [0.717, 1.165) is 17.6 Å². The minimum absolute atomic E-state index is 0.159. The maximum Gasteiger partial charge on any atom is 0.306 e. The Kier molecular flexibility index (Phi) is 5.60. The molecule has 2 aromatic carbocycles. The van der Waals surface area contributed by atoms with E-state index >= 15 is 0 Å². The van der Waals surface area contributed by atoms with Gasteiger partial charge in [0.1, 0.15) is 0 Å². The number of rotatable bonds is 4. The Balaban J connectivity index is 1.98. The van der Waals surface area contributed by atoms with Crippen LogP contribution in [-0.2, 0) is 4.79 Å². The monoisotopic (exact) mass is 401 g/mol. The fraction of sp³-hybridized carbons (Fsp3) is 0.381. The summed E-state index contributed by atoms with van der Waals surface area (Å²) in [7, 11) is 0. The van der Waals surface area contributed by atoms with E-state index in [1.165, 1.54) is 22.3 Å². The van der Waals surface area contributed by atoms with E-state index in [1.807, 2.05) is 6.07 Å². The van der Waals surface area contributed by atoms with Crippen LogP contribution in [0.25, 0.3) is 0 Å². The number of hydrogen-bond acceptors (Lipinski definition) is 2. The van der Waals surface area contributed by atoms with E-state index in [4.69, 9.17) is 0 Å². The molecule has 0 radical (unpaired) electrons. The average molecular weight is 402 g/mol. The van der Waals surface area contributed by atoms with Crippen LogP contribution in [0.5, 0.6) is 0 Å². The van der Waals surface area contributed by atoms with Crippen molar-refractivity contribution in [1.29, 1.82) is 0 Å². The third-order valence-electron chi connectivity index (χ3n) is 5.14. The molecular weight excluding hydrogens is 378 g/mol. The number of carboxylic acid groups (broad SMARTS) is 1. The molecule has 1 fully saturated rings. The minimum atomic E-state index is -0.662. The Labute approximate surface area is 157 Å². The summed E-state index contributed by atoms with van der Waals surface area (Å²) >= 11 is 3.59. The molecule has 1 unspecified atom stereocenters. The summed E-state index contributed by atoms with van der Waals surface area (Å²) in [6.45, 7) is 5.89. The number of benzene rings is 2. The third kappa shape index (κ3) is 4.13. The molecule has 1 N–H and O–H groups in total. The van der Waals surface area contributed by atoms with Gasteiger partial charge in [-0.3, -0.25) is 9.69 Å². The van der Waals surface area contributed by atoms with Crippen LogP contribution in [0.4, 0.5) is 0 Å². The Hall–Kier alpha value is -1.65. The quantitative estimate of drug-likeness (QED) is 0.787. The minimum Gasteiger partial charge on any atom is -0.481 e. The molecule has 25 heavy (non-hydrogen) atoms. The normalized spacial score (nSPS) is 17.4. The number of aliphatic carboxylic acids is 1. The number of likely N-dealkylation sites (tertiary alicyclic amines) is 1. The number of carboxylic acids is 1. The zero-order valence-electron chi connectivity index (χ0n) is 14.7. The molecule has 0 saturated carbocycles. The molecular formula is C21H24BrNO2. The highest BCUT2D eigenvalue weighted by atomic mass is 79.9. The summed E-state index contributed by atoms with van der Waals surface area (Å²) in [5, 5.41) is 9.29. The summed E-state index contributed by atoms with van der Waals surface area (Å²) in [6, 6.07) is 15.2. The fourth-order valence-corrected chi connectivity index (χ4v) is 4.14. The molecule has 1 saturated heterocycles. The Bertz CT molecular complexity index is 766. The predicted molar refractivity (Wildman–Crippen MR) is 104 cm³/mol. The first-order valence-electron chi connectivity index (χ1n) is 8.75. The zero-order chi connectivity index (χ0) is 18.0. The highest BCUT2D eigenvalue weighted by molar-refractivity contribution is 9.10. The van der Waals surface area contributed by atoms with Crippen molar-refractivity contribution in [3.8, 4) is 0 Å². The maximum absolute atomic E-state index is 11.3. The number of nitrogens with zero attached hydrogens (tertiary/aromatic N) is 1. The van der Waals surface area contributed by atoms with E-state index in [0.29, 0.717) is 12.8 Å². The highest BCUT2D eigenvalue weighted by Crippen LogP contribution is 2.35. The van der Waals surface area contributed by atoms with Gasteiger partial charge in [-0.2, -0.15) is 0 Å². The van der Waals surface area contributed by atoms with Gasteiger partial charge in [0.15, 0.2) is 0 Å². The Morgan fingerprint density at radius 2 is 1.88 bits per heavy atom. The van der Waals surface area contributed by atoms with Crippen LogP contribution in [0.15, 0.2) is 46.9 Å². The molecule has 1 aliphatic rings. The summed E-state index contributed by atoms with van der Waals surface area (Å²) in [5.74, 6) is -0.872. The molecule has 2 aromatic rings. The fourth-order valence-electron chi connectivity index (χ4n) is 3.72. The van der Waals surface area contributed by atoms with Crippen LogP contribution < -0.4 is 0 Å². The van der Waals surface area contributed by atoms with Crippen molar-refractivity contribution in [2.45, 2.75) is 32.7 Å². The number of halogens is 1. The third-order valence-corrected chi connectivity index (χ3v) is 5.63. The molecule has 4 heteroatoms. The van der Waals surface area contributed by atoms with E-state index in [1.54, 1.807) is 0 Å². The van der Waals surface area contributed by atoms with E-state index in [-0.39, 0.29) is 12.0 Å². The summed E-state index contributed by atoms with van der Waals surface area (Å²) in [6.07, 6.45) is 1.43. The molecule has 0 aliphatic carbocycles. The van der Waals surface area contributed by atoms with Crippen LogP contribution in [-0.4, -0.2) is 29.1 Å². The number of aryl methyl sites for hydroxylation is 2. The van der Waals surface area contributed by atoms with Crippen LogP contribution in [0.3, 0.4) is 0 Å². The second-order valence-electron chi connectivity index (χ2n) is 6.97. The van der Waals surface area contributed by atoms with Gasteiger partial charge in [0.05, 0.1) is 12.0 Å². The van der Waals surface area contributed by atoms with Crippen LogP contribution in [0.2, 0.25) is 0 Å². The number of carbonyl (C=O) groups is 1. The van der Waals surface area contributed by atoms with Crippen molar-refractivity contribution in [1.82, 2.24) is 4.90 Å². The van der Waals surface area contributed by atoms with E-state index in [9.17, 15) is 9.90 Å². The maximum atomic E-state index is 11.3. The molecule has 3 rings (SSSR count). The van der Waals surface area contributed by atoms with Gasteiger partial charge in [-0.25, -0.2) is 0 Å². The predicted octanol–water partition coefficient (Wildman–Crippen LogP) is 4.95. The van der Waals surface area contributed by atoms with Gasteiger partial charge >= 0.3 is 5.97 Å². The summed E-state index contributed by atoms with van der Waals surface area (Å²) < 4.78 is 1.07. The van der Waals surface area contributed by atoms with Crippen molar-refractivity contribution in [2.75, 3.05) is 13.1 Å². The first-order chi connectivity index (χ1) is 12.0. The molecule has 1 aliphatic heterocycles. The first-order valence-corrected chi connectivity index (χ1v) is 9.54. The molecule has 0 aromatic heterocycles. The standard InChI is InChI=1S/C21H24BrNO2/c1-14-6-7-15(2)19(12-14)20(17-4-3-5-18(22)13-17)23-10-8-16(9-11-23)21(24)25/h3-7,12-13,16,20H,8-11H2,1-2H3,(H,24,25). The Morgan fingerprint density at radius 1 is 1.16 bits per heavy atom. The molecule has 0 spiro atoms. The SMILES string of the molecule is Cc1ccc(C)c(C(c2cccc(Br)c2)N2CCC(C(=O)O)CC2)c1. The lowest BCUT2D eigenvalue weighted by molar-refractivity contribution is -0.143. The second-order valence-corrected chi connectivity index (χ2v) is 7.88. The molecule has 3 nitrogen and oxygen atoms in total. The van der Waals surface area contributed by atoms with Gasteiger partial charge in [-0.1, -0.05) is 51.8 Å². The van der Waals surface area contributed by atoms with Gasteiger partial charge in [0.2, 0.25) is 0 Å². The van der Waals surface area contributed by atoms with Gasteiger partial charge in [0, 0.05) is 4.47 Å². The van der Waals surface area contributed by atoms with E-state index in [2.05, 4.69) is 71.1 Å². The largest absolute Gasteiger partial charge is 0.481 e. The van der Waals surface area contributed by atoms with Gasteiger partial charge in [-0.15, -0.1) is 0 Å². The van der Waals surface area contributed by atoms with E-state index < -0.39 is 5.97 Å². The van der Waals surface area contributed by atoms with Crippen molar-refractivity contribution in [3.05, 3.63) is 69.2 Å². The van der Waals surface area contributed by atoms with Crippen molar-refractivity contribution in [3.63, 3.8) is 0 Å². The molecule has 1 atom stereocenters. The molecule has 132 valence electrons. The molecule has 0 bridgehead atoms. The van der Waals surface area contributed by atoms with Crippen LogP contribution in [0.1, 0.15) is 41.1 Å². The van der Waals surface area contributed by atoms with Crippen molar-refractivity contribution < 1.29 is 9.90 Å². The lowest BCUT2D eigenvalue weighted by Crippen LogP contribution is -2.39. The number of piperidine rings is 1. The second kappa shape index (κ2) is 7.71. The Morgan fingerprint density at radius 3 is 2.52 bits per heavy atom. The van der Waals surface area contributed by atoms with Gasteiger partial charge in [-0.05, 0) is 68.6 Å². The first kappa shape index (κ1) is 18.2. The lowest BCUT2D eigenvalue weighted by atomic mass is 9.89. The summed E-state index contributed by atoms with van der Waals surface area (Å²) in [4.78, 5) is 13.7. The van der Waals surface area contributed by atoms with Gasteiger partial charge < -0.3 is 5.11 Å². The lowest BCUT2D eigenvalue weighted by Gasteiger charge is -2.38. The van der Waals surface area contributed by atoms with Crippen molar-refractivity contribution >= 4 is 21.9 Å². The smallest absolute Gasteiger partial charge is 0.306 e. The molecule has 0 amide bonds. The topological polar surface area (TPSA) is 40.5 Å². The summed E-state index contributed by atoms with van der Waals surface area (Å²) in [5.41, 5.74) is 5.08. The van der Waals surface area contributed by atoms with Crippen molar-refractivity contribution in [2.24, 2.45) is 5.92 Å².